The molecule has 92 valence electrons. The van der Waals surface area contributed by atoms with Crippen LogP contribution in [0.25, 0.3) is 0 Å². The quantitative estimate of drug-likeness (QED) is 0.773. The Labute approximate surface area is 103 Å². The second-order valence-corrected chi connectivity index (χ2v) is 3.90. The zero-order valence-electron chi connectivity index (χ0n) is 9.73. The molecule has 0 saturated heterocycles. The number of nitrogens with zero attached hydrogens (tertiary/aromatic N) is 1. The summed E-state index contributed by atoms with van der Waals surface area (Å²) < 4.78 is 26.1. The minimum atomic E-state index is -0.483. The Morgan fingerprint density at radius 2 is 1.61 bits per heavy atom. The van der Waals surface area contributed by atoms with Crippen LogP contribution in [0.15, 0.2) is 42.5 Å². The SMILES string of the molecule is CN(c1ccc(F)cc1)c1cc(F)cc(C=O)c1. The van der Waals surface area contributed by atoms with Crippen LogP contribution in [0, 0.1) is 11.6 Å². The van der Waals surface area contributed by atoms with E-state index in [0.717, 1.165) is 6.07 Å². The van der Waals surface area contributed by atoms with E-state index in [1.165, 1.54) is 18.2 Å². The summed E-state index contributed by atoms with van der Waals surface area (Å²) in [5.41, 5.74) is 1.50. The first kappa shape index (κ1) is 12.2. The van der Waals surface area contributed by atoms with Gasteiger partial charge in [0.2, 0.25) is 0 Å². The van der Waals surface area contributed by atoms with Crippen molar-refractivity contribution in [2.75, 3.05) is 11.9 Å². The maximum Gasteiger partial charge on any atom is 0.150 e. The molecule has 0 heterocycles. The van der Waals surface area contributed by atoms with Crippen molar-refractivity contribution in [3.63, 3.8) is 0 Å². The first-order valence-corrected chi connectivity index (χ1v) is 5.35. The molecule has 0 bridgehead atoms. The lowest BCUT2D eigenvalue weighted by Crippen LogP contribution is -2.10. The van der Waals surface area contributed by atoms with E-state index in [-0.39, 0.29) is 11.4 Å². The lowest BCUT2D eigenvalue weighted by molar-refractivity contribution is 0.112. The molecule has 0 atom stereocenters. The topological polar surface area (TPSA) is 20.3 Å². The lowest BCUT2D eigenvalue weighted by atomic mass is 10.2. The van der Waals surface area contributed by atoms with Gasteiger partial charge in [-0.3, -0.25) is 4.79 Å². The normalized spacial score (nSPS) is 10.2. The fourth-order valence-electron chi connectivity index (χ4n) is 1.67. The molecule has 0 aromatic heterocycles. The highest BCUT2D eigenvalue weighted by atomic mass is 19.1. The summed E-state index contributed by atoms with van der Waals surface area (Å²) in [4.78, 5) is 12.4. The van der Waals surface area contributed by atoms with Crippen molar-refractivity contribution in [1.82, 2.24) is 0 Å². The third-order valence-electron chi connectivity index (χ3n) is 2.64. The molecule has 0 spiro atoms. The fraction of sp³-hybridized carbons (Fsp3) is 0.0714. The summed E-state index contributed by atoms with van der Waals surface area (Å²) >= 11 is 0. The number of rotatable bonds is 3. The maximum absolute atomic E-state index is 13.3. The summed E-state index contributed by atoms with van der Waals surface area (Å²) in [5.74, 6) is -0.816. The van der Waals surface area contributed by atoms with Gasteiger partial charge in [0.1, 0.15) is 17.9 Å². The van der Waals surface area contributed by atoms with Crippen LogP contribution in [-0.4, -0.2) is 13.3 Å². The summed E-state index contributed by atoms with van der Waals surface area (Å²) in [5, 5.41) is 0. The highest BCUT2D eigenvalue weighted by molar-refractivity contribution is 5.78. The van der Waals surface area contributed by atoms with Gasteiger partial charge in [-0.15, -0.1) is 0 Å². The van der Waals surface area contributed by atoms with E-state index >= 15 is 0 Å². The van der Waals surface area contributed by atoms with Gasteiger partial charge in [0.05, 0.1) is 0 Å². The van der Waals surface area contributed by atoms with Crippen LogP contribution < -0.4 is 4.90 Å². The predicted molar refractivity (Wildman–Crippen MR) is 66.3 cm³/mol. The Balaban J connectivity index is 2.38. The van der Waals surface area contributed by atoms with Crippen LogP contribution in [0.4, 0.5) is 20.2 Å². The fourth-order valence-corrected chi connectivity index (χ4v) is 1.67. The predicted octanol–water partition coefficient (Wildman–Crippen LogP) is 3.55. The van der Waals surface area contributed by atoms with Crippen molar-refractivity contribution in [3.8, 4) is 0 Å². The van der Waals surface area contributed by atoms with E-state index in [4.69, 9.17) is 0 Å². The molecular formula is C14H11F2NO. The van der Waals surface area contributed by atoms with Crippen LogP contribution in [-0.2, 0) is 0 Å². The minimum absolute atomic E-state index is 0.263. The minimum Gasteiger partial charge on any atom is -0.345 e. The summed E-state index contributed by atoms with van der Waals surface area (Å²) in [6.07, 6.45) is 0.588. The van der Waals surface area contributed by atoms with Crippen molar-refractivity contribution in [1.29, 1.82) is 0 Å². The molecule has 0 saturated carbocycles. The molecule has 0 aliphatic heterocycles. The Morgan fingerprint density at radius 1 is 0.944 bits per heavy atom. The van der Waals surface area contributed by atoms with E-state index in [1.807, 2.05) is 0 Å². The smallest absolute Gasteiger partial charge is 0.150 e. The second-order valence-electron chi connectivity index (χ2n) is 3.90. The Hall–Kier alpha value is -2.23. The molecule has 2 nitrogen and oxygen atoms in total. The third kappa shape index (κ3) is 2.53. The molecule has 2 aromatic rings. The number of hydrogen-bond acceptors (Lipinski definition) is 2. The highest BCUT2D eigenvalue weighted by Crippen LogP contribution is 2.25. The van der Waals surface area contributed by atoms with Crippen molar-refractivity contribution in [2.45, 2.75) is 0 Å². The third-order valence-corrected chi connectivity index (χ3v) is 2.64. The molecule has 4 heteroatoms. The molecule has 0 radical (unpaired) electrons. The monoisotopic (exact) mass is 247 g/mol. The molecule has 0 fully saturated rings. The number of carbonyl (C=O) groups excluding carboxylic acids is 1. The molecular weight excluding hydrogens is 236 g/mol. The van der Waals surface area contributed by atoms with Gasteiger partial charge >= 0.3 is 0 Å². The Kier molecular flexibility index (Phi) is 3.37. The van der Waals surface area contributed by atoms with Crippen LogP contribution in [0.1, 0.15) is 10.4 Å². The van der Waals surface area contributed by atoms with Gasteiger partial charge in [0.15, 0.2) is 0 Å². The highest BCUT2D eigenvalue weighted by Gasteiger charge is 2.07. The van der Waals surface area contributed by atoms with Crippen LogP contribution in [0.3, 0.4) is 0 Å². The maximum atomic E-state index is 13.3. The average molecular weight is 247 g/mol. The zero-order valence-corrected chi connectivity index (χ0v) is 9.73. The molecule has 18 heavy (non-hydrogen) atoms. The van der Waals surface area contributed by atoms with E-state index in [0.29, 0.717) is 17.7 Å². The van der Waals surface area contributed by atoms with Crippen molar-refractivity contribution in [3.05, 3.63) is 59.7 Å². The van der Waals surface area contributed by atoms with E-state index in [9.17, 15) is 13.6 Å². The number of anilines is 2. The Bertz CT molecular complexity index is 567. The number of aldehydes is 1. The summed E-state index contributed by atoms with van der Waals surface area (Å²) in [6.45, 7) is 0. The molecule has 0 N–H and O–H groups in total. The first-order valence-electron chi connectivity index (χ1n) is 5.35. The van der Waals surface area contributed by atoms with Crippen LogP contribution >= 0.6 is 0 Å². The largest absolute Gasteiger partial charge is 0.345 e. The first-order chi connectivity index (χ1) is 8.60. The molecule has 0 unspecified atom stereocenters. The van der Waals surface area contributed by atoms with Crippen molar-refractivity contribution >= 4 is 17.7 Å². The van der Waals surface area contributed by atoms with Gasteiger partial charge in [-0.25, -0.2) is 8.78 Å². The molecule has 0 amide bonds. The molecule has 0 aliphatic carbocycles. The van der Waals surface area contributed by atoms with Gasteiger partial charge in [0.25, 0.3) is 0 Å². The average Bonchev–Trinajstić information content (AvgIpc) is 2.38. The standard InChI is InChI=1S/C14H11F2NO/c1-17(13-4-2-11(15)3-5-13)14-7-10(9-18)6-12(16)8-14/h2-9H,1H3. The van der Waals surface area contributed by atoms with E-state index < -0.39 is 5.82 Å². The molecule has 0 aliphatic rings. The van der Waals surface area contributed by atoms with Crippen molar-refractivity contribution in [2.24, 2.45) is 0 Å². The number of benzene rings is 2. The van der Waals surface area contributed by atoms with Gasteiger partial charge in [0, 0.05) is 24.0 Å². The van der Waals surface area contributed by atoms with Crippen LogP contribution in [0.2, 0.25) is 0 Å². The van der Waals surface area contributed by atoms with Gasteiger partial charge in [-0.2, -0.15) is 0 Å². The lowest BCUT2D eigenvalue weighted by Gasteiger charge is -2.19. The van der Waals surface area contributed by atoms with Gasteiger partial charge in [-0.1, -0.05) is 0 Å². The van der Waals surface area contributed by atoms with Crippen LogP contribution in [0.5, 0.6) is 0 Å². The number of halogens is 2. The second kappa shape index (κ2) is 4.96. The van der Waals surface area contributed by atoms with Gasteiger partial charge in [-0.05, 0) is 42.5 Å². The molecule has 2 aromatic carbocycles. The number of hydrogen-bond donors (Lipinski definition) is 0. The van der Waals surface area contributed by atoms with E-state index in [1.54, 1.807) is 30.1 Å². The number of carbonyl (C=O) groups is 1. The summed E-state index contributed by atoms with van der Waals surface area (Å²) in [7, 11) is 1.72. The van der Waals surface area contributed by atoms with Crippen molar-refractivity contribution < 1.29 is 13.6 Å². The zero-order chi connectivity index (χ0) is 13.1. The Morgan fingerprint density at radius 3 is 2.22 bits per heavy atom. The van der Waals surface area contributed by atoms with Gasteiger partial charge < -0.3 is 4.90 Å². The van der Waals surface area contributed by atoms with E-state index in [2.05, 4.69) is 0 Å². The summed E-state index contributed by atoms with van der Waals surface area (Å²) in [6, 6.07) is 9.87. The molecule has 2 rings (SSSR count).